The Morgan fingerprint density at radius 2 is 1.64 bits per heavy atom. The van der Waals surface area contributed by atoms with E-state index in [4.69, 9.17) is 4.74 Å². The first kappa shape index (κ1) is 14.3. The smallest absolute Gasteiger partial charge is 0.270 e. The van der Waals surface area contributed by atoms with Gasteiger partial charge in [-0.3, -0.25) is 9.13 Å². The zero-order valence-corrected chi connectivity index (χ0v) is 14.2. The fourth-order valence-electron chi connectivity index (χ4n) is 3.43. The molecule has 122 valence electrons. The van der Waals surface area contributed by atoms with Crippen LogP contribution >= 0.6 is 0 Å². The molecule has 0 saturated carbocycles. The largest absolute Gasteiger partial charge is 0.465 e. The van der Waals surface area contributed by atoms with Crippen LogP contribution in [0.1, 0.15) is 25.3 Å². The third-order valence-electron chi connectivity index (χ3n) is 4.79. The number of ether oxygens (including phenoxy) is 1. The van der Waals surface area contributed by atoms with E-state index in [9.17, 15) is 0 Å². The minimum Gasteiger partial charge on any atom is -0.465 e. The van der Waals surface area contributed by atoms with Gasteiger partial charge in [0.25, 0.3) is 6.33 Å². The quantitative estimate of drug-likeness (QED) is 0.332. The van der Waals surface area contributed by atoms with Gasteiger partial charge in [0.15, 0.2) is 0 Å². The number of hydrogen-bond acceptors (Lipinski definition) is 1. The maximum atomic E-state index is 6.10. The van der Waals surface area contributed by atoms with E-state index in [0.29, 0.717) is 5.92 Å². The van der Waals surface area contributed by atoms with E-state index in [0.717, 1.165) is 33.9 Å². The van der Waals surface area contributed by atoms with Gasteiger partial charge in [-0.2, -0.15) is 0 Å². The molecule has 0 atom stereocenters. The molecule has 5 rings (SSSR count). The Kier molecular flexibility index (Phi) is 2.98. The maximum Gasteiger partial charge on any atom is 0.270 e. The predicted octanol–water partition coefficient (Wildman–Crippen LogP) is 4.94. The van der Waals surface area contributed by atoms with Crippen molar-refractivity contribution >= 4 is 11.0 Å². The summed E-state index contributed by atoms with van der Waals surface area (Å²) in [6.45, 7) is 4.42. The Balaban J connectivity index is 1.76. The standard InChI is InChI=1S/C22H18N2O/c1-15(2)16-10-12-17(13-11-16)23-14-24-18-6-3-4-8-20(18)25-21-9-5-7-19(23)22(21)24/h3-13,15H,1-2H3. The van der Waals surface area contributed by atoms with Crippen LogP contribution in [0.2, 0.25) is 0 Å². The molecule has 25 heavy (non-hydrogen) atoms. The van der Waals surface area contributed by atoms with Crippen molar-refractivity contribution in [3.63, 3.8) is 0 Å². The highest BCUT2D eigenvalue weighted by molar-refractivity contribution is 5.82. The van der Waals surface area contributed by atoms with E-state index in [2.05, 4.69) is 65.7 Å². The van der Waals surface area contributed by atoms with E-state index in [1.165, 1.54) is 5.56 Å². The lowest BCUT2D eigenvalue weighted by molar-refractivity contribution is -0.575. The molecule has 2 heterocycles. The SMILES string of the molecule is CC(C)c1ccc(-n2[c-][n+]3c4c(cccc42)Oc2ccccc2-3)cc1. The lowest BCUT2D eigenvalue weighted by Crippen LogP contribution is -2.32. The van der Waals surface area contributed by atoms with Gasteiger partial charge in [0.1, 0.15) is 22.7 Å². The Morgan fingerprint density at radius 3 is 2.44 bits per heavy atom. The van der Waals surface area contributed by atoms with Crippen molar-refractivity contribution < 1.29 is 9.30 Å². The van der Waals surface area contributed by atoms with Gasteiger partial charge in [-0.05, 0) is 41.8 Å². The minimum atomic E-state index is 0.526. The monoisotopic (exact) mass is 326 g/mol. The molecule has 0 spiro atoms. The molecule has 0 radical (unpaired) electrons. The Labute approximate surface area is 146 Å². The number of fused-ring (bicyclic) bond motifs is 2. The van der Waals surface area contributed by atoms with Crippen molar-refractivity contribution in [3.05, 3.63) is 78.6 Å². The third-order valence-corrected chi connectivity index (χ3v) is 4.79. The Hall–Kier alpha value is -3.07. The van der Waals surface area contributed by atoms with E-state index < -0.39 is 0 Å². The first-order valence-electron chi connectivity index (χ1n) is 8.59. The van der Waals surface area contributed by atoms with Gasteiger partial charge < -0.3 is 4.74 Å². The third kappa shape index (κ3) is 2.09. The highest BCUT2D eigenvalue weighted by atomic mass is 16.5. The number of nitrogens with zero attached hydrogens (tertiary/aromatic N) is 2. The molecule has 3 nitrogen and oxygen atoms in total. The van der Waals surface area contributed by atoms with E-state index in [1.54, 1.807) is 0 Å². The highest BCUT2D eigenvalue weighted by Gasteiger charge is 2.22. The first-order chi connectivity index (χ1) is 12.2. The predicted molar refractivity (Wildman–Crippen MR) is 97.8 cm³/mol. The van der Waals surface area contributed by atoms with E-state index in [-0.39, 0.29) is 0 Å². The lowest BCUT2D eigenvalue weighted by atomic mass is 10.0. The zero-order valence-electron chi connectivity index (χ0n) is 14.2. The van der Waals surface area contributed by atoms with E-state index >= 15 is 0 Å². The molecule has 0 N–H and O–H groups in total. The van der Waals surface area contributed by atoms with Crippen LogP contribution < -0.4 is 9.30 Å². The molecule has 1 aliphatic heterocycles. The van der Waals surface area contributed by atoms with Crippen LogP contribution in [0, 0.1) is 6.33 Å². The molecule has 0 amide bonds. The number of aromatic nitrogens is 2. The zero-order chi connectivity index (χ0) is 17.0. The second kappa shape index (κ2) is 5.21. The molecule has 4 aromatic rings. The van der Waals surface area contributed by atoms with Crippen molar-refractivity contribution in [1.82, 2.24) is 4.57 Å². The van der Waals surface area contributed by atoms with Crippen LogP contribution in [0.5, 0.6) is 11.5 Å². The summed E-state index contributed by atoms with van der Waals surface area (Å²) in [5.41, 5.74) is 5.60. The summed E-state index contributed by atoms with van der Waals surface area (Å²) in [4.78, 5) is 0. The number of rotatable bonds is 2. The van der Waals surface area contributed by atoms with Crippen molar-refractivity contribution in [2.75, 3.05) is 0 Å². The van der Waals surface area contributed by atoms with Crippen molar-refractivity contribution in [2.24, 2.45) is 0 Å². The Bertz CT molecular complexity index is 1090. The molecular weight excluding hydrogens is 308 g/mol. The van der Waals surface area contributed by atoms with Crippen LogP contribution in [0.25, 0.3) is 22.4 Å². The lowest BCUT2D eigenvalue weighted by Gasteiger charge is -2.18. The molecule has 0 fully saturated rings. The van der Waals surface area contributed by atoms with Crippen molar-refractivity contribution in [1.29, 1.82) is 0 Å². The number of hydrogen-bond donors (Lipinski definition) is 0. The highest BCUT2D eigenvalue weighted by Crippen LogP contribution is 2.36. The van der Waals surface area contributed by atoms with Gasteiger partial charge in [-0.1, -0.05) is 50.2 Å². The van der Waals surface area contributed by atoms with Gasteiger partial charge in [-0.15, -0.1) is 0 Å². The second-order valence-corrected chi connectivity index (χ2v) is 6.71. The van der Waals surface area contributed by atoms with Crippen molar-refractivity contribution in [2.45, 2.75) is 19.8 Å². The van der Waals surface area contributed by atoms with Gasteiger partial charge in [0.05, 0.1) is 11.2 Å². The fourth-order valence-corrected chi connectivity index (χ4v) is 3.43. The summed E-state index contributed by atoms with van der Waals surface area (Å²) in [7, 11) is 0. The molecule has 0 aliphatic carbocycles. The van der Waals surface area contributed by atoms with Gasteiger partial charge >= 0.3 is 0 Å². The van der Waals surface area contributed by atoms with Crippen LogP contribution in [-0.2, 0) is 0 Å². The average molecular weight is 326 g/mol. The summed E-state index contributed by atoms with van der Waals surface area (Å²) in [5.74, 6) is 2.25. The van der Waals surface area contributed by atoms with Crippen LogP contribution in [0.3, 0.4) is 0 Å². The normalized spacial score (nSPS) is 12.3. The maximum absolute atomic E-state index is 6.10. The molecule has 1 aliphatic rings. The van der Waals surface area contributed by atoms with Gasteiger partial charge in [0, 0.05) is 0 Å². The summed E-state index contributed by atoms with van der Waals surface area (Å²) in [6.07, 6.45) is 3.51. The van der Waals surface area contributed by atoms with E-state index in [1.807, 2.05) is 30.3 Å². The molecule has 3 aromatic carbocycles. The molecule has 1 aromatic heterocycles. The number of benzene rings is 3. The topological polar surface area (TPSA) is 18.0 Å². The summed E-state index contributed by atoms with van der Waals surface area (Å²) in [5, 5.41) is 0. The first-order valence-corrected chi connectivity index (χ1v) is 8.59. The second-order valence-electron chi connectivity index (χ2n) is 6.71. The summed E-state index contributed by atoms with van der Waals surface area (Å²) in [6, 6.07) is 22.9. The molecule has 0 saturated heterocycles. The van der Waals surface area contributed by atoms with Crippen LogP contribution in [0.4, 0.5) is 0 Å². The molecule has 3 heteroatoms. The van der Waals surface area contributed by atoms with Crippen molar-refractivity contribution in [3.8, 4) is 22.9 Å². The Morgan fingerprint density at radius 1 is 0.880 bits per heavy atom. The number of imidazole rings is 1. The molecule has 0 unspecified atom stereocenters. The molecular formula is C22H18N2O. The fraction of sp³-hybridized carbons (Fsp3) is 0.136. The van der Waals surface area contributed by atoms with Gasteiger partial charge in [-0.25, -0.2) is 0 Å². The van der Waals surface area contributed by atoms with Gasteiger partial charge in [0.2, 0.25) is 0 Å². The van der Waals surface area contributed by atoms with Crippen LogP contribution in [-0.4, -0.2) is 4.57 Å². The molecule has 0 bridgehead atoms. The number of para-hydroxylation sites is 3. The average Bonchev–Trinajstić information content (AvgIpc) is 3.03. The minimum absolute atomic E-state index is 0.526. The van der Waals surface area contributed by atoms with Crippen LogP contribution in [0.15, 0.2) is 66.7 Å². The summed E-state index contributed by atoms with van der Waals surface area (Å²) >= 11 is 0. The summed E-state index contributed by atoms with van der Waals surface area (Å²) < 4.78 is 10.3.